The first-order chi connectivity index (χ1) is 15.0. The molecule has 1 saturated heterocycles. The Labute approximate surface area is 185 Å². The molecule has 1 aromatic heterocycles. The number of thioether (sulfide) groups is 1. The van der Waals surface area contributed by atoms with Crippen molar-refractivity contribution in [3.05, 3.63) is 71.0 Å². The van der Waals surface area contributed by atoms with Crippen LogP contribution in [-0.4, -0.2) is 50.4 Å². The fraction of sp³-hybridized carbons (Fsp3) is 0.304. The summed E-state index contributed by atoms with van der Waals surface area (Å²) in [6.07, 6.45) is 1.38. The van der Waals surface area contributed by atoms with Crippen molar-refractivity contribution >= 4 is 23.7 Å². The maximum Gasteiger partial charge on any atom is 0.324 e. The second-order valence-electron chi connectivity index (χ2n) is 7.59. The molecule has 7 nitrogen and oxygen atoms in total. The summed E-state index contributed by atoms with van der Waals surface area (Å²) in [7, 11) is 0. The minimum atomic E-state index is -0.307. The molecule has 1 N–H and O–H groups in total. The standard InChI is InChI=1S/C23H25N5O2S/c1-16-9-10-19(17(2)13-16)28-20(14-18-7-4-3-5-8-18)25-26-23(28)31-12-6-11-27-21(29)15-24-22(27)30/h3-5,7-10,13H,6,11-12,14-15H2,1-2H3,(H,24,30). The molecule has 31 heavy (non-hydrogen) atoms. The minimum absolute atomic E-state index is 0.0931. The van der Waals surface area contributed by atoms with E-state index in [1.807, 2.05) is 18.2 Å². The SMILES string of the molecule is Cc1ccc(-n2c(Cc3ccccc3)nnc2SCCCN2C(=O)CNC2=O)c(C)c1. The number of imide groups is 1. The lowest BCUT2D eigenvalue weighted by atomic mass is 10.1. The van der Waals surface area contributed by atoms with E-state index in [0.717, 1.165) is 28.0 Å². The van der Waals surface area contributed by atoms with E-state index < -0.39 is 0 Å². The summed E-state index contributed by atoms with van der Waals surface area (Å²) in [5.41, 5.74) is 4.62. The maximum absolute atomic E-state index is 11.7. The van der Waals surface area contributed by atoms with Gasteiger partial charge in [0.2, 0.25) is 5.91 Å². The molecule has 1 aliphatic heterocycles. The monoisotopic (exact) mass is 435 g/mol. The molecule has 2 aromatic carbocycles. The second kappa shape index (κ2) is 9.34. The number of rotatable bonds is 8. The molecule has 1 aliphatic rings. The lowest BCUT2D eigenvalue weighted by molar-refractivity contribution is -0.124. The summed E-state index contributed by atoms with van der Waals surface area (Å²) in [4.78, 5) is 24.7. The Bertz CT molecular complexity index is 1080. The summed E-state index contributed by atoms with van der Waals surface area (Å²) in [6.45, 7) is 4.68. The van der Waals surface area contributed by atoms with Crippen molar-refractivity contribution in [1.82, 2.24) is 25.0 Å². The van der Waals surface area contributed by atoms with E-state index in [9.17, 15) is 9.59 Å². The number of carbonyl (C=O) groups is 2. The fourth-order valence-corrected chi connectivity index (χ4v) is 4.54. The number of amides is 3. The zero-order chi connectivity index (χ0) is 21.8. The van der Waals surface area contributed by atoms with Gasteiger partial charge in [0.05, 0.1) is 12.2 Å². The Morgan fingerprint density at radius 1 is 1.06 bits per heavy atom. The third-order valence-electron chi connectivity index (χ3n) is 5.19. The van der Waals surface area contributed by atoms with Gasteiger partial charge in [-0.3, -0.25) is 14.3 Å². The van der Waals surface area contributed by atoms with E-state index in [-0.39, 0.29) is 18.5 Å². The van der Waals surface area contributed by atoms with Crippen LogP contribution in [-0.2, 0) is 11.2 Å². The third-order valence-corrected chi connectivity index (χ3v) is 6.21. The lowest BCUT2D eigenvalue weighted by Crippen LogP contribution is -2.32. The van der Waals surface area contributed by atoms with Crippen molar-refractivity contribution in [3.8, 4) is 5.69 Å². The van der Waals surface area contributed by atoms with Crippen molar-refractivity contribution in [2.45, 2.75) is 31.8 Å². The van der Waals surface area contributed by atoms with Crippen LogP contribution < -0.4 is 5.32 Å². The van der Waals surface area contributed by atoms with Crippen LogP contribution in [0, 0.1) is 13.8 Å². The van der Waals surface area contributed by atoms with E-state index in [1.165, 1.54) is 16.0 Å². The molecule has 2 heterocycles. The van der Waals surface area contributed by atoms with Crippen LogP contribution >= 0.6 is 11.8 Å². The molecule has 0 radical (unpaired) electrons. The van der Waals surface area contributed by atoms with E-state index in [2.05, 4.69) is 64.3 Å². The zero-order valence-electron chi connectivity index (χ0n) is 17.7. The molecule has 0 aliphatic carbocycles. The van der Waals surface area contributed by atoms with Crippen molar-refractivity contribution in [2.75, 3.05) is 18.8 Å². The Morgan fingerprint density at radius 2 is 1.87 bits per heavy atom. The largest absolute Gasteiger partial charge is 0.329 e. The molecule has 3 amide bonds. The van der Waals surface area contributed by atoms with Gasteiger partial charge in [-0.1, -0.05) is 59.8 Å². The lowest BCUT2D eigenvalue weighted by Gasteiger charge is -2.14. The Hall–Kier alpha value is -3.13. The van der Waals surface area contributed by atoms with Crippen LogP contribution in [0.4, 0.5) is 4.79 Å². The van der Waals surface area contributed by atoms with Crippen molar-refractivity contribution in [1.29, 1.82) is 0 Å². The van der Waals surface area contributed by atoms with Crippen molar-refractivity contribution in [3.63, 3.8) is 0 Å². The summed E-state index contributed by atoms with van der Waals surface area (Å²) < 4.78 is 2.13. The average molecular weight is 436 g/mol. The highest BCUT2D eigenvalue weighted by Gasteiger charge is 2.27. The smallest absolute Gasteiger partial charge is 0.324 e. The van der Waals surface area contributed by atoms with Gasteiger partial charge in [0.1, 0.15) is 5.82 Å². The number of hydrogen-bond donors (Lipinski definition) is 1. The van der Waals surface area contributed by atoms with Crippen LogP contribution in [0.2, 0.25) is 0 Å². The number of carbonyl (C=O) groups excluding carboxylic acids is 2. The number of aryl methyl sites for hydroxylation is 2. The Morgan fingerprint density at radius 3 is 2.58 bits per heavy atom. The molecule has 0 spiro atoms. The molecular formula is C23H25N5O2S. The van der Waals surface area contributed by atoms with Gasteiger partial charge >= 0.3 is 6.03 Å². The molecule has 0 saturated carbocycles. The van der Waals surface area contributed by atoms with E-state index >= 15 is 0 Å². The number of nitrogens with one attached hydrogen (secondary N) is 1. The van der Waals surface area contributed by atoms with Gasteiger partial charge in [-0.05, 0) is 37.5 Å². The van der Waals surface area contributed by atoms with Crippen LogP contribution in [0.15, 0.2) is 53.7 Å². The summed E-state index contributed by atoms with van der Waals surface area (Å²) in [6, 6.07) is 16.3. The number of urea groups is 1. The number of hydrogen-bond acceptors (Lipinski definition) is 5. The normalized spacial score (nSPS) is 13.7. The van der Waals surface area contributed by atoms with Crippen LogP contribution in [0.25, 0.3) is 5.69 Å². The highest BCUT2D eigenvalue weighted by molar-refractivity contribution is 7.99. The molecule has 0 bridgehead atoms. The minimum Gasteiger partial charge on any atom is -0.329 e. The molecule has 160 valence electrons. The number of nitrogens with zero attached hydrogens (tertiary/aromatic N) is 4. The van der Waals surface area contributed by atoms with Gasteiger partial charge in [0.15, 0.2) is 5.16 Å². The van der Waals surface area contributed by atoms with Gasteiger partial charge in [-0.15, -0.1) is 10.2 Å². The first-order valence-electron chi connectivity index (χ1n) is 10.3. The van der Waals surface area contributed by atoms with Crippen LogP contribution in [0.1, 0.15) is 28.9 Å². The van der Waals surface area contributed by atoms with Crippen LogP contribution in [0.5, 0.6) is 0 Å². The predicted molar refractivity (Wildman–Crippen MR) is 121 cm³/mol. The molecular weight excluding hydrogens is 410 g/mol. The first-order valence-corrected chi connectivity index (χ1v) is 11.3. The average Bonchev–Trinajstić information content (AvgIpc) is 3.29. The number of aromatic nitrogens is 3. The summed E-state index contributed by atoms with van der Waals surface area (Å²) >= 11 is 1.59. The predicted octanol–water partition coefficient (Wildman–Crippen LogP) is 3.51. The Kier molecular flexibility index (Phi) is 6.36. The molecule has 0 atom stereocenters. The van der Waals surface area contributed by atoms with Crippen LogP contribution in [0.3, 0.4) is 0 Å². The summed E-state index contributed by atoms with van der Waals surface area (Å²) in [5.74, 6) is 1.44. The van der Waals surface area contributed by atoms with E-state index in [1.54, 1.807) is 11.8 Å². The van der Waals surface area contributed by atoms with E-state index in [4.69, 9.17) is 0 Å². The highest BCUT2D eigenvalue weighted by Crippen LogP contribution is 2.26. The maximum atomic E-state index is 11.7. The van der Waals surface area contributed by atoms with E-state index in [0.29, 0.717) is 19.4 Å². The quantitative estimate of drug-likeness (QED) is 0.333. The molecule has 4 rings (SSSR count). The van der Waals surface area contributed by atoms with Gasteiger partial charge in [0.25, 0.3) is 0 Å². The second-order valence-corrected chi connectivity index (χ2v) is 8.65. The first kappa shape index (κ1) is 21.1. The number of benzene rings is 2. The van der Waals surface area contributed by atoms with Gasteiger partial charge in [0, 0.05) is 18.7 Å². The fourth-order valence-electron chi connectivity index (χ4n) is 3.65. The topological polar surface area (TPSA) is 80.1 Å². The van der Waals surface area contributed by atoms with Gasteiger partial charge in [-0.2, -0.15) is 0 Å². The van der Waals surface area contributed by atoms with Crippen molar-refractivity contribution < 1.29 is 9.59 Å². The van der Waals surface area contributed by atoms with Gasteiger partial charge < -0.3 is 5.32 Å². The molecule has 8 heteroatoms. The molecule has 0 unspecified atom stereocenters. The Balaban J connectivity index is 1.54. The molecule has 3 aromatic rings. The van der Waals surface area contributed by atoms with Gasteiger partial charge in [-0.25, -0.2) is 4.79 Å². The third kappa shape index (κ3) is 4.80. The summed E-state index contributed by atoms with van der Waals surface area (Å²) in [5, 5.41) is 12.3. The highest BCUT2D eigenvalue weighted by atomic mass is 32.2. The molecule has 1 fully saturated rings. The van der Waals surface area contributed by atoms with Crippen molar-refractivity contribution in [2.24, 2.45) is 0 Å². The zero-order valence-corrected chi connectivity index (χ0v) is 18.5.